The highest BCUT2D eigenvalue weighted by molar-refractivity contribution is 5.35. The molecule has 1 atom stereocenters. The Morgan fingerprint density at radius 2 is 2.00 bits per heavy atom. The number of benzene rings is 1. The highest BCUT2D eigenvalue weighted by Gasteiger charge is 2.22. The Morgan fingerprint density at radius 3 is 2.72 bits per heavy atom. The van der Waals surface area contributed by atoms with Crippen molar-refractivity contribution in [1.82, 2.24) is 5.32 Å². The molecular formula is C16H25NO. The first-order valence-corrected chi connectivity index (χ1v) is 7.03. The van der Waals surface area contributed by atoms with Crippen molar-refractivity contribution in [2.75, 3.05) is 6.54 Å². The maximum absolute atomic E-state index is 10.4. The molecule has 0 spiro atoms. The van der Waals surface area contributed by atoms with Crippen LogP contribution >= 0.6 is 0 Å². The van der Waals surface area contributed by atoms with Gasteiger partial charge in [0.05, 0.1) is 5.60 Å². The Hall–Kier alpha value is -0.860. The van der Waals surface area contributed by atoms with Gasteiger partial charge in [0.25, 0.3) is 0 Å². The van der Waals surface area contributed by atoms with Crippen LogP contribution in [0.4, 0.5) is 0 Å². The lowest BCUT2D eigenvalue weighted by Crippen LogP contribution is -2.42. The molecule has 0 radical (unpaired) electrons. The Bertz CT molecular complexity index is 410. The lowest BCUT2D eigenvalue weighted by Gasteiger charge is -2.25. The van der Waals surface area contributed by atoms with Gasteiger partial charge in [-0.2, -0.15) is 0 Å². The quantitative estimate of drug-likeness (QED) is 0.838. The van der Waals surface area contributed by atoms with Crippen molar-refractivity contribution in [3.8, 4) is 0 Å². The third kappa shape index (κ3) is 3.56. The van der Waals surface area contributed by atoms with Gasteiger partial charge >= 0.3 is 0 Å². The predicted molar refractivity (Wildman–Crippen MR) is 75.9 cm³/mol. The Kier molecular flexibility index (Phi) is 4.08. The molecule has 0 amide bonds. The number of hydrogen-bond donors (Lipinski definition) is 2. The number of aliphatic hydroxyl groups is 1. The summed E-state index contributed by atoms with van der Waals surface area (Å²) in [6.07, 6.45) is 4.43. The molecule has 0 bridgehead atoms. The minimum atomic E-state index is -0.670. The number of aryl methyl sites for hydroxylation is 2. The van der Waals surface area contributed by atoms with E-state index in [0.717, 1.165) is 6.42 Å². The fourth-order valence-electron chi connectivity index (χ4n) is 2.66. The highest BCUT2D eigenvalue weighted by atomic mass is 16.3. The van der Waals surface area contributed by atoms with Crippen LogP contribution in [0.3, 0.4) is 0 Å². The van der Waals surface area contributed by atoms with Crippen LogP contribution in [0.2, 0.25) is 0 Å². The number of rotatable bonds is 5. The van der Waals surface area contributed by atoms with Gasteiger partial charge < -0.3 is 10.4 Å². The van der Waals surface area contributed by atoms with Crippen molar-refractivity contribution in [2.45, 2.75) is 58.1 Å². The summed E-state index contributed by atoms with van der Waals surface area (Å²) in [7, 11) is 0. The Morgan fingerprint density at radius 1 is 1.28 bits per heavy atom. The van der Waals surface area contributed by atoms with E-state index in [1.807, 2.05) is 6.92 Å². The van der Waals surface area contributed by atoms with Gasteiger partial charge in [-0.1, -0.05) is 32.0 Å². The fraction of sp³-hybridized carbons (Fsp3) is 0.625. The summed E-state index contributed by atoms with van der Waals surface area (Å²) in [5.74, 6) is 0. The molecule has 2 nitrogen and oxygen atoms in total. The smallest absolute Gasteiger partial charge is 0.0783 e. The SMILES string of the molecule is CC(C)NCC(C)(O)Cc1ccc2c(c1)CCC2. The zero-order valence-electron chi connectivity index (χ0n) is 11.8. The summed E-state index contributed by atoms with van der Waals surface area (Å²) in [4.78, 5) is 0. The normalized spacial score (nSPS) is 17.8. The zero-order chi connectivity index (χ0) is 13.2. The molecule has 1 aromatic rings. The summed E-state index contributed by atoms with van der Waals surface area (Å²) in [6, 6.07) is 7.11. The van der Waals surface area contributed by atoms with E-state index in [1.165, 1.54) is 36.0 Å². The maximum atomic E-state index is 10.4. The number of hydrogen-bond acceptors (Lipinski definition) is 2. The van der Waals surface area contributed by atoms with E-state index in [9.17, 15) is 5.11 Å². The van der Waals surface area contributed by atoms with Gasteiger partial charge in [0.15, 0.2) is 0 Å². The molecular weight excluding hydrogens is 222 g/mol. The van der Waals surface area contributed by atoms with Crippen LogP contribution in [0.5, 0.6) is 0 Å². The first-order chi connectivity index (χ1) is 8.46. The third-order valence-corrected chi connectivity index (χ3v) is 3.64. The molecule has 2 N–H and O–H groups in total. The Labute approximate surface area is 110 Å². The van der Waals surface area contributed by atoms with E-state index in [2.05, 4.69) is 37.4 Å². The molecule has 0 heterocycles. The Balaban J connectivity index is 2.00. The van der Waals surface area contributed by atoms with Gasteiger partial charge in [0, 0.05) is 19.0 Å². The summed E-state index contributed by atoms with van der Waals surface area (Å²) in [6.45, 7) is 6.76. The molecule has 0 saturated carbocycles. The van der Waals surface area contributed by atoms with E-state index in [4.69, 9.17) is 0 Å². The molecule has 0 saturated heterocycles. The third-order valence-electron chi connectivity index (χ3n) is 3.64. The molecule has 0 fully saturated rings. The molecule has 1 aromatic carbocycles. The minimum Gasteiger partial charge on any atom is -0.389 e. The molecule has 100 valence electrons. The lowest BCUT2D eigenvalue weighted by atomic mass is 9.94. The molecule has 0 aromatic heterocycles. The largest absolute Gasteiger partial charge is 0.389 e. The molecule has 2 heteroatoms. The first kappa shape index (κ1) is 13.6. The van der Waals surface area contributed by atoms with E-state index < -0.39 is 5.60 Å². The van der Waals surface area contributed by atoms with Crippen molar-refractivity contribution >= 4 is 0 Å². The molecule has 18 heavy (non-hydrogen) atoms. The molecule has 1 aliphatic rings. The van der Waals surface area contributed by atoms with Crippen molar-refractivity contribution in [3.63, 3.8) is 0 Å². The topological polar surface area (TPSA) is 32.3 Å². The van der Waals surface area contributed by atoms with E-state index in [-0.39, 0.29) is 0 Å². The predicted octanol–water partition coefficient (Wildman–Crippen LogP) is 2.47. The summed E-state index contributed by atoms with van der Waals surface area (Å²) < 4.78 is 0. The van der Waals surface area contributed by atoms with Gasteiger partial charge in [-0.3, -0.25) is 0 Å². The van der Waals surface area contributed by atoms with Crippen LogP contribution in [0.25, 0.3) is 0 Å². The fourth-order valence-corrected chi connectivity index (χ4v) is 2.66. The van der Waals surface area contributed by atoms with Gasteiger partial charge in [0.2, 0.25) is 0 Å². The van der Waals surface area contributed by atoms with Crippen molar-refractivity contribution in [3.05, 3.63) is 34.9 Å². The van der Waals surface area contributed by atoms with Crippen molar-refractivity contribution in [1.29, 1.82) is 0 Å². The van der Waals surface area contributed by atoms with Crippen LogP contribution in [0, 0.1) is 0 Å². The lowest BCUT2D eigenvalue weighted by molar-refractivity contribution is 0.0581. The van der Waals surface area contributed by atoms with E-state index in [1.54, 1.807) is 0 Å². The average molecular weight is 247 g/mol. The summed E-state index contributed by atoms with van der Waals surface area (Å²) in [5, 5.41) is 13.7. The zero-order valence-corrected chi connectivity index (χ0v) is 11.8. The molecule has 1 unspecified atom stereocenters. The number of nitrogens with one attached hydrogen (secondary N) is 1. The van der Waals surface area contributed by atoms with Crippen LogP contribution in [0.15, 0.2) is 18.2 Å². The molecule has 1 aliphatic carbocycles. The van der Waals surface area contributed by atoms with E-state index >= 15 is 0 Å². The van der Waals surface area contributed by atoms with Crippen LogP contribution < -0.4 is 5.32 Å². The van der Waals surface area contributed by atoms with Crippen LogP contribution in [-0.2, 0) is 19.3 Å². The standard InChI is InChI=1S/C16H25NO/c1-12(2)17-11-16(3,18)10-13-7-8-14-5-4-6-15(14)9-13/h7-9,12,17-18H,4-6,10-11H2,1-3H3. The van der Waals surface area contributed by atoms with Crippen molar-refractivity contribution < 1.29 is 5.11 Å². The molecule has 2 rings (SSSR count). The second-order valence-electron chi connectivity index (χ2n) is 6.17. The van der Waals surface area contributed by atoms with Gasteiger partial charge in [-0.05, 0) is 42.9 Å². The minimum absolute atomic E-state index is 0.413. The molecule has 0 aliphatic heterocycles. The van der Waals surface area contributed by atoms with Gasteiger partial charge in [-0.25, -0.2) is 0 Å². The van der Waals surface area contributed by atoms with E-state index in [0.29, 0.717) is 12.6 Å². The van der Waals surface area contributed by atoms with Crippen LogP contribution in [0.1, 0.15) is 43.9 Å². The van der Waals surface area contributed by atoms with Gasteiger partial charge in [0.1, 0.15) is 0 Å². The summed E-state index contributed by atoms with van der Waals surface area (Å²) in [5.41, 5.74) is 3.57. The maximum Gasteiger partial charge on any atom is 0.0783 e. The first-order valence-electron chi connectivity index (χ1n) is 7.03. The highest BCUT2D eigenvalue weighted by Crippen LogP contribution is 2.24. The second kappa shape index (κ2) is 5.41. The summed E-state index contributed by atoms with van der Waals surface area (Å²) >= 11 is 0. The van der Waals surface area contributed by atoms with Gasteiger partial charge in [-0.15, -0.1) is 0 Å². The second-order valence-corrected chi connectivity index (χ2v) is 6.17. The average Bonchev–Trinajstić information content (AvgIpc) is 2.73. The van der Waals surface area contributed by atoms with Crippen molar-refractivity contribution in [2.24, 2.45) is 0 Å². The number of fused-ring (bicyclic) bond motifs is 1. The van der Waals surface area contributed by atoms with Crippen LogP contribution in [-0.4, -0.2) is 23.3 Å². The monoisotopic (exact) mass is 247 g/mol.